The summed E-state index contributed by atoms with van der Waals surface area (Å²) in [5.74, 6) is 6.25. The minimum atomic E-state index is -0.443. The van der Waals surface area contributed by atoms with Crippen LogP contribution in [0, 0.1) is 11.8 Å². The Morgan fingerprint density at radius 3 is 2.62 bits per heavy atom. The lowest BCUT2D eigenvalue weighted by Gasteiger charge is -2.19. The highest BCUT2D eigenvalue weighted by Crippen LogP contribution is 2.32. The Labute approximate surface area is 224 Å². The van der Waals surface area contributed by atoms with Gasteiger partial charge in [0.15, 0.2) is 11.5 Å². The van der Waals surface area contributed by atoms with Gasteiger partial charge in [-0.2, -0.15) is 0 Å². The van der Waals surface area contributed by atoms with Gasteiger partial charge in [-0.1, -0.05) is 48.2 Å². The highest BCUT2D eigenvalue weighted by atomic mass is 16.1. The molecule has 4 heterocycles. The number of hydrogen-bond acceptors (Lipinski definition) is 6. The maximum atomic E-state index is 13.4. The van der Waals surface area contributed by atoms with E-state index in [0.717, 1.165) is 38.9 Å². The van der Waals surface area contributed by atoms with Crippen molar-refractivity contribution < 1.29 is 4.79 Å². The summed E-state index contributed by atoms with van der Waals surface area (Å²) in [6, 6.07) is 23.0. The van der Waals surface area contributed by atoms with Gasteiger partial charge < -0.3 is 11.1 Å². The van der Waals surface area contributed by atoms with Crippen molar-refractivity contribution in [2.45, 2.75) is 13.0 Å². The maximum Gasteiger partial charge on any atom is 0.259 e. The van der Waals surface area contributed by atoms with Gasteiger partial charge in [-0.05, 0) is 48.9 Å². The van der Waals surface area contributed by atoms with Crippen LogP contribution >= 0.6 is 0 Å². The van der Waals surface area contributed by atoms with Crippen LogP contribution in [0.4, 0.5) is 5.82 Å². The van der Waals surface area contributed by atoms with Crippen molar-refractivity contribution in [1.29, 1.82) is 0 Å². The zero-order valence-electron chi connectivity index (χ0n) is 21.0. The van der Waals surface area contributed by atoms with Gasteiger partial charge in [0.2, 0.25) is 0 Å². The number of nitrogens with two attached hydrogens (primary N) is 1. The van der Waals surface area contributed by atoms with E-state index in [4.69, 9.17) is 10.7 Å². The number of nitrogen functional groups attached to an aromatic ring is 1. The molecule has 4 aromatic heterocycles. The first-order valence-corrected chi connectivity index (χ1v) is 12.4. The number of hydrogen-bond donors (Lipinski definition) is 2. The van der Waals surface area contributed by atoms with Crippen LogP contribution in [0.1, 0.15) is 40.1 Å². The molecule has 0 saturated carbocycles. The number of benzene rings is 2. The monoisotopic (exact) mass is 509 g/mol. The predicted molar refractivity (Wildman–Crippen MR) is 151 cm³/mol. The quantitative estimate of drug-likeness (QED) is 0.330. The number of anilines is 1. The molecule has 0 fully saturated rings. The van der Waals surface area contributed by atoms with Crippen LogP contribution in [-0.4, -0.2) is 30.5 Å². The molecule has 188 valence electrons. The lowest BCUT2D eigenvalue weighted by atomic mass is 9.96. The molecule has 6 rings (SSSR count). The predicted octanol–water partition coefficient (Wildman–Crippen LogP) is 4.81. The average Bonchev–Trinajstić information content (AvgIpc) is 3.32. The number of carbonyl (C=O) groups is 1. The largest absolute Gasteiger partial charge is 0.381 e. The van der Waals surface area contributed by atoms with Crippen molar-refractivity contribution in [3.63, 3.8) is 0 Å². The molecule has 6 aromatic rings. The van der Waals surface area contributed by atoms with Crippen LogP contribution in [0.5, 0.6) is 0 Å². The standard InChI is InChI=1S/C31H23N7O/c1-20(35-31(39)27-29(32)37-38-18-6-15-34-30(27)38)28-25(22-7-3-2-4-8-22)19-24-23(9-5-10-26(24)36-28)12-11-21-13-16-33-17-14-21/h2-10,13-20H,1H3,(H2,32,37)(H,35,39)/t20-/m0/s1. The molecule has 39 heavy (non-hydrogen) atoms. The van der Waals surface area contributed by atoms with E-state index in [9.17, 15) is 4.79 Å². The Kier molecular flexibility index (Phi) is 6.15. The Morgan fingerprint density at radius 2 is 1.79 bits per heavy atom. The van der Waals surface area contributed by atoms with Gasteiger partial charge in [-0.25, -0.2) is 14.5 Å². The molecule has 3 N–H and O–H groups in total. The molecule has 1 atom stereocenters. The van der Waals surface area contributed by atoms with Crippen LogP contribution < -0.4 is 11.1 Å². The SMILES string of the molecule is C[C@H](NC(=O)c1c(N)nn2cccnc12)c1nc2cccc(C#Cc3ccncc3)c2cc1-c1ccccc1. The Balaban J connectivity index is 1.43. The third kappa shape index (κ3) is 4.65. The number of nitrogens with zero attached hydrogens (tertiary/aromatic N) is 5. The van der Waals surface area contributed by atoms with E-state index in [0.29, 0.717) is 5.65 Å². The number of amides is 1. The van der Waals surface area contributed by atoms with Gasteiger partial charge in [-0.15, -0.1) is 5.10 Å². The highest BCUT2D eigenvalue weighted by molar-refractivity contribution is 6.04. The second kappa shape index (κ2) is 10.1. The summed E-state index contributed by atoms with van der Waals surface area (Å²) in [6.07, 6.45) is 6.75. The zero-order valence-corrected chi connectivity index (χ0v) is 21.0. The van der Waals surface area contributed by atoms with Gasteiger partial charge in [0.05, 0.1) is 17.3 Å². The highest BCUT2D eigenvalue weighted by Gasteiger charge is 2.23. The van der Waals surface area contributed by atoms with E-state index in [-0.39, 0.29) is 17.3 Å². The lowest BCUT2D eigenvalue weighted by Crippen LogP contribution is -2.28. The molecule has 8 nitrogen and oxygen atoms in total. The summed E-state index contributed by atoms with van der Waals surface area (Å²) in [5.41, 5.74) is 11.9. The van der Waals surface area contributed by atoms with Crippen molar-refractivity contribution >= 4 is 28.3 Å². The van der Waals surface area contributed by atoms with E-state index >= 15 is 0 Å². The summed E-state index contributed by atoms with van der Waals surface area (Å²) in [6.45, 7) is 1.90. The number of pyridine rings is 2. The molecule has 1 amide bonds. The van der Waals surface area contributed by atoms with E-state index in [1.165, 1.54) is 4.52 Å². The Morgan fingerprint density at radius 1 is 0.974 bits per heavy atom. The van der Waals surface area contributed by atoms with E-state index in [2.05, 4.69) is 38.3 Å². The summed E-state index contributed by atoms with van der Waals surface area (Å²) in [5, 5.41) is 8.19. The van der Waals surface area contributed by atoms with Crippen LogP contribution in [0.3, 0.4) is 0 Å². The number of carbonyl (C=O) groups excluding carboxylic acids is 1. The topological polar surface area (TPSA) is 111 Å². The molecule has 0 aliphatic rings. The average molecular weight is 510 g/mol. The first-order valence-electron chi connectivity index (χ1n) is 12.4. The van der Waals surface area contributed by atoms with Gasteiger partial charge in [0, 0.05) is 46.9 Å². The van der Waals surface area contributed by atoms with Crippen molar-refractivity contribution in [2.24, 2.45) is 0 Å². The van der Waals surface area contributed by atoms with Crippen molar-refractivity contribution in [3.05, 3.63) is 120 Å². The van der Waals surface area contributed by atoms with Crippen molar-refractivity contribution in [3.8, 4) is 23.0 Å². The second-order valence-corrected chi connectivity index (χ2v) is 8.99. The molecule has 0 aliphatic heterocycles. The van der Waals surface area contributed by atoms with Gasteiger partial charge >= 0.3 is 0 Å². The van der Waals surface area contributed by atoms with Crippen LogP contribution in [-0.2, 0) is 0 Å². The van der Waals surface area contributed by atoms with Crippen molar-refractivity contribution in [1.82, 2.24) is 29.9 Å². The van der Waals surface area contributed by atoms with Gasteiger partial charge in [-0.3, -0.25) is 9.78 Å². The molecule has 0 aliphatic carbocycles. The summed E-state index contributed by atoms with van der Waals surface area (Å²) in [4.78, 5) is 26.7. The first-order chi connectivity index (χ1) is 19.1. The molecule has 0 radical (unpaired) electrons. The lowest BCUT2D eigenvalue weighted by molar-refractivity contribution is 0.0941. The number of fused-ring (bicyclic) bond motifs is 2. The van der Waals surface area contributed by atoms with Gasteiger partial charge in [0.25, 0.3) is 5.91 Å². The van der Waals surface area contributed by atoms with Crippen LogP contribution in [0.25, 0.3) is 27.7 Å². The molecular weight excluding hydrogens is 486 g/mol. The van der Waals surface area contributed by atoms with E-state index < -0.39 is 6.04 Å². The van der Waals surface area contributed by atoms with Gasteiger partial charge in [0.1, 0.15) is 5.56 Å². The summed E-state index contributed by atoms with van der Waals surface area (Å²) < 4.78 is 1.49. The Hall–Kier alpha value is -5.55. The first kappa shape index (κ1) is 23.8. The smallest absolute Gasteiger partial charge is 0.259 e. The maximum absolute atomic E-state index is 13.4. The fourth-order valence-electron chi connectivity index (χ4n) is 4.53. The second-order valence-electron chi connectivity index (χ2n) is 8.99. The molecule has 2 aromatic carbocycles. The summed E-state index contributed by atoms with van der Waals surface area (Å²) in [7, 11) is 0. The molecule has 0 saturated heterocycles. The zero-order chi connectivity index (χ0) is 26.8. The number of aromatic nitrogens is 5. The van der Waals surface area contributed by atoms with Crippen LogP contribution in [0.15, 0.2) is 97.6 Å². The Bertz CT molecular complexity index is 1890. The third-order valence-electron chi connectivity index (χ3n) is 6.40. The molecule has 0 spiro atoms. The number of rotatable bonds is 4. The fraction of sp³-hybridized carbons (Fsp3) is 0.0645. The number of nitrogens with one attached hydrogen (secondary N) is 1. The molecule has 8 heteroatoms. The molecule has 0 bridgehead atoms. The fourth-order valence-corrected chi connectivity index (χ4v) is 4.53. The van der Waals surface area contributed by atoms with E-state index in [1.54, 1.807) is 30.9 Å². The molecular formula is C31H23N7O. The normalized spacial score (nSPS) is 11.6. The summed E-state index contributed by atoms with van der Waals surface area (Å²) >= 11 is 0. The molecule has 0 unspecified atom stereocenters. The van der Waals surface area contributed by atoms with E-state index in [1.807, 2.05) is 67.6 Å². The van der Waals surface area contributed by atoms with Crippen LogP contribution in [0.2, 0.25) is 0 Å². The third-order valence-corrected chi connectivity index (χ3v) is 6.40. The van der Waals surface area contributed by atoms with Crippen molar-refractivity contribution in [2.75, 3.05) is 5.73 Å². The minimum absolute atomic E-state index is 0.116. The minimum Gasteiger partial charge on any atom is -0.381 e.